The molecular formula is C30H30F6N4O2. The molecule has 0 saturated carbocycles. The topological polar surface area (TPSA) is 73.5 Å². The van der Waals surface area contributed by atoms with Crippen molar-refractivity contribution in [2.24, 2.45) is 5.92 Å². The van der Waals surface area contributed by atoms with E-state index in [4.69, 9.17) is 0 Å². The molecule has 1 aliphatic heterocycles. The minimum atomic E-state index is -5.06. The fourth-order valence-corrected chi connectivity index (χ4v) is 4.74. The molecular weight excluding hydrogens is 562 g/mol. The van der Waals surface area contributed by atoms with Crippen LogP contribution in [0.25, 0.3) is 0 Å². The molecule has 1 fully saturated rings. The molecule has 224 valence electrons. The van der Waals surface area contributed by atoms with E-state index in [1.807, 2.05) is 42.6 Å². The van der Waals surface area contributed by atoms with E-state index in [0.29, 0.717) is 23.7 Å². The van der Waals surface area contributed by atoms with E-state index in [9.17, 15) is 35.9 Å². The Hall–Kier alpha value is -4.22. The molecule has 4 rings (SSSR count). The van der Waals surface area contributed by atoms with Crippen LogP contribution >= 0.6 is 0 Å². The van der Waals surface area contributed by atoms with Crippen molar-refractivity contribution in [1.82, 2.24) is 5.32 Å². The van der Waals surface area contributed by atoms with Crippen LogP contribution < -0.4 is 20.9 Å². The van der Waals surface area contributed by atoms with Crippen molar-refractivity contribution in [2.75, 3.05) is 28.6 Å². The van der Waals surface area contributed by atoms with E-state index >= 15 is 0 Å². The molecule has 42 heavy (non-hydrogen) atoms. The van der Waals surface area contributed by atoms with E-state index in [1.54, 1.807) is 6.07 Å². The van der Waals surface area contributed by atoms with E-state index in [-0.39, 0.29) is 23.4 Å². The lowest BCUT2D eigenvalue weighted by atomic mass is 9.97. The molecule has 1 aliphatic rings. The first kappa shape index (κ1) is 30.7. The standard InChI is InChI=1S/C30H30F6N4O2/c1-18-10-12-40(13-11-18)26-9-8-23(17-25(26)27(41)37-19(2)20-6-4-3-5-7-20)38-28(42)39-24-15-21(29(31,32)33)14-22(16-24)30(34,35)36/h3-9,14-19H,10-13H2,1-2H3,(H,37,41)(H2,38,39,42). The number of urea groups is 1. The molecule has 3 amide bonds. The van der Waals surface area contributed by atoms with E-state index < -0.39 is 41.1 Å². The van der Waals surface area contributed by atoms with Gasteiger partial charge < -0.3 is 20.9 Å². The average Bonchev–Trinajstić information content (AvgIpc) is 2.93. The van der Waals surface area contributed by atoms with Gasteiger partial charge in [-0.25, -0.2) is 4.79 Å². The summed E-state index contributed by atoms with van der Waals surface area (Å²) < 4.78 is 79.3. The fourth-order valence-electron chi connectivity index (χ4n) is 4.74. The van der Waals surface area contributed by atoms with Gasteiger partial charge in [0.2, 0.25) is 0 Å². The van der Waals surface area contributed by atoms with E-state index in [1.165, 1.54) is 12.1 Å². The van der Waals surface area contributed by atoms with Crippen LogP contribution in [0.5, 0.6) is 0 Å². The van der Waals surface area contributed by atoms with Gasteiger partial charge in [0.1, 0.15) is 0 Å². The van der Waals surface area contributed by atoms with Gasteiger partial charge in [-0.2, -0.15) is 26.3 Å². The Morgan fingerprint density at radius 3 is 1.95 bits per heavy atom. The van der Waals surface area contributed by atoms with Gasteiger partial charge in [0.05, 0.1) is 22.7 Å². The zero-order chi connectivity index (χ0) is 30.7. The van der Waals surface area contributed by atoms with Crippen LogP contribution in [0.15, 0.2) is 66.7 Å². The molecule has 1 heterocycles. The second-order valence-corrected chi connectivity index (χ2v) is 10.4. The minimum absolute atomic E-state index is 0.0233. The molecule has 6 nitrogen and oxygen atoms in total. The summed E-state index contributed by atoms with van der Waals surface area (Å²) in [7, 11) is 0. The Morgan fingerprint density at radius 1 is 0.810 bits per heavy atom. The second-order valence-electron chi connectivity index (χ2n) is 10.4. The van der Waals surface area contributed by atoms with Gasteiger partial charge >= 0.3 is 18.4 Å². The number of nitrogens with one attached hydrogen (secondary N) is 3. The molecule has 0 spiro atoms. The molecule has 3 N–H and O–H groups in total. The second kappa shape index (κ2) is 12.3. The number of alkyl halides is 6. The summed E-state index contributed by atoms with van der Waals surface area (Å²) in [5, 5.41) is 7.41. The van der Waals surface area contributed by atoms with Crippen molar-refractivity contribution in [3.05, 3.63) is 89.0 Å². The van der Waals surface area contributed by atoms with Crippen LogP contribution in [0, 0.1) is 5.92 Å². The molecule has 0 radical (unpaired) electrons. The quantitative estimate of drug-likeness (QED) is 0.253. The first-order chi connectivity index (χ1) is 19.7. The van der Waals surface area contributed by atoms with Gasteiger partial charge in [0.25, 0.3) is 5.91 Å². The van der Waals surface area contributed by atoms with Gasteiger partial charge in [-0.15, -0.1) is 0 Å². The number of halogens is 6. The maximum atomic E-state index is 13.5. The summed E-state index contributed by atoms with van der Waals surface area (Å²) in [6.45, 7) is 5.43. The number of benzene rings is 3. The van der Waals surface area contributed by atoms with Crippen LogP contribution in [0.3, 0.4) is 0 Å². The van der Waals surface area contributed by atoms with Crippen LogP contribution in [-0.4, -0.2) is 25.0 Å². The number of amides is 3. The zero-order valence-corrected chi connectivity index (χ0v) is 22.9. The van der Waals surface area contributed by atoms with Gasteiger partial charge in [-0.1, -0.05) is 37.3 Å². The van der Waals surface area contributed by atoms with E-state index in [2.05, 4.69) is 22.5 Å². The Labute approximate surface area is 239 Å². The first-order valence-corrected chi connectivity index (χ1v) is 13.3. The van der Waals surface area contributed by atoms with Crippen molar-refractivity contribution < 1.29 is 35.9 Å². The van der Waals surface area contributed by atoms with Crippen LogP contribution in [0.4, 0.5) is 48.2 Å². The summed E-state index contributed by atoms with van der Waals surface area (Å²) in [6, 6.07) is 13.3. The van der Waals surface area contributed by atoms with Crippen LogP contribution in [0.2, 0.25) is 0 Å². The highest BCUT2D eigenvalue weighted by Gasteiger charge is 2.37. The Bertz CT molecular complexity index is 1390. The maximum Gasteiger partial charge on any atom is 0.416 e. The average molecular weight is 593 g/mol. The number of hydrogen-bond acceptors (Lipinski definition) is 3. The van der Waals surface area contributed by atoms with Crippen LogP contribution in [0.1, 0.15) is 59.8 Å². The van der Waals surface area contributed by atoms with Crippen molar-refractivity contribution in [2.45, 2.75) is 45.1 Å². The summed E-state index contributed by atoms with van der Waals surface area (Å²) in [5.74, 6) is 0.131. The van der Waals surface area contributed by atoms with Crippen molar-refractivity contribution >= 4 is 29.0 Å². The van der Waals surface area contributed by atoms with Gasteiger partial charge in [-0.05, 0) is 67.6 Å². The molecule has 0 aromatic heterocycles. The molecule has 0 bridgehead atoms. The number of nitrogens with zero attached hydrogens (tertiary/aromatic N) is 1. The van der Waals surface area contributed by atoms with E-state index in [0.717, 1.165) is 31.5 Å². The molecule has 3 aromatic rings. The summed E-state index contributed by atoms with van der Waals surface area (Å²) >= 11 is 0. The largest absolute Gasteiger partial charge is 0.416 e. The highest BCUT2D eigenvalue weighted by molar-refractivity contribution is 6.04. The monoisotopic (exact) mass is 592 g/mol. The summed E-state index contributed by atoms with van der Waals surface area (Å²) in [6.07, 6.45) is -8.26. The number of rotatable bonds is 6. The molecule has 1 atom stereocenters. The Morgan fingerprint density at radius 2 is 1.38 bits per heavy atom. The number of piperidine rings is 1. The zero-order valence-electron chi connectivity index (χ0n) is 22.9. The van der Waals surface area contributed by atoms with Gasteiger partial charge in [0, 0.05) is 30.2 Å². The van der Waals surface area contributed by atoms with Gasteiger partial charge in [0.15, 0.2) is 0 Å². The molecule has 1 saturated heterocycles. The highest BCUT2D eigenvalue weighted by atomic mass is 19.4. The lowest BCUT2D eigenvalue weighted by molar-refractivity contribution is -0.143. The van der Waals surface area contributed by atoms with Crippen molar-refractivity contribution in [1.29, 1.82) is 0 Å². The first-order valence-electron chi connectivity index (χ1n) is 13.3. The normalized spacial score (nSPS) is 15.2. The van der Waals surface area contributed by atoms with Crippen molar-refractivity contribution in [3.8, 4) is 0 Å². The SMILES string of the molecule is CC1CCN(c2ccc(NC(=O)Nc3cc(C(F)(F)F)cc(C(F)(F)F)c3)cc2C(=O)NC(C)c2ccccc2)CC1. The fraction of sp³-hybridized carbons (Fsp3) is 0.333. The molecule has 12 heteroatoms. The van der Waals surface area contributed by atoms with Crippen molar-refractivity contribution in [3.63, 3.8) is 0 Å². The Balaban J connectivity index is 1.58. The smallest absolute Gasteiger partial charge is 0.371 e. The molecule has 3 aromatic carbocycles. The predicted octanol–water partition coefficient (Wildman–Crippen LogP) is 8.10. The summed E-state index contributed by atoms with van der Waals surface area (Å²) in [4.78, 5) is 28.2. The molecule has 1 unspecified atom stereocenters. The number of anilines is 3. The lowest BCUT2D eigenvalue weighted by Gasteiger charge is -2.33. The number of carbonyl (C=O) groups is 2. The third kappa shape index (κ3) is 7.74. The molecule has 0 aliphatic carbocycles. The number of hydrogen-bond donors (Lipinski definition) is 3. The Kier molecular flexibility index (Phi) is 9.03. The third-order valence-electron chi connectivity index (χ3n) is 7.12. The van der Waals surface area contributed by atoms with Gasteiger partial charge in [-0.3, -0.25) is 4.79 Å². The third-order valence-corrected chi connectivity index (χ3v) is 7.12. The minimum Gasteiger partial charge on any atom is -0.371 e. The highest BCUT2D eigenvalue weighted by Crippen LogP contribution is 2.37. The lowest BCUT2D eigenvalue weighted by Crippen LogP contribution is -2.35. The van der Waals surface area contributed by atoms with Crippen LogP contribution in [-0.2, 0) is 12.4 Å². The maximum absolute atomic E-state index is 13.5. The summed E-state index contributed by atoms with van der Waals surface area (Å²) in [5.41, 5.74) is -1.88. The predicted molar refractivity (Wildman–Crippen MR) is 148 cm³/mol. The number of carbonyl (C=O) groups excluding carboxylic acids is 2.